The molecule has 0 N–H and O–H groups in total. The van der Waals surface area contributed by atoms with Crippen molar-refractivity contribution in [2.75, 3.05) is 0 Å². The van der Waals surface area contributed by atoms with E-state index in [1.807, 2.05) is 13.8 Å². The van der Waals surface area contributed by atoms with Gasteiger partial charge in [0.25, 0.3) is 0 Å². The molecule has 0 radical (unpaired) electrons. The molecular formula is C15H14ClNO2. The van der Waals surface area contributed by atoms with Gasteiger partial charge in [-0.1, -0.05) is 11.6 Å². The highest BCUT2D eigenvalue weighted by molar-refractivity contribution is 6.29. The van der Waals surface area contributed by atoms with Crippen molar-refractivity contribution >= 4 is 17.4 Å². The maximum absolute atomic E-state index is 12.2. The van der Waals surface area contributed by atoms with Gasteiger partial charge in [-0.2, -0.15) is 0 Å². The number of hydrogen-bond donors (Lipinski definition) is 0. The smallest absolute Gasteiger partial charge is 0.194 e. The number of carbonyl (C=O) groups is 1. The van der Waals surface area contributed by atoms with Crippen LogP contribution in [0.15, 0.2) is 42.6 Å². The van der Waals surface area contributed by atoms with E-state index in [0.717, 1.165) is 5.75 Å². The standard InChI is InChI=1S/C15H14ClNO2/c1-10(2)19-13-6-3-11(4-7-13)15(18)12-5-8-14(16)17-9-12/h3-10H,1-2H3. The minimum absolute atomic E-state index is 0.0831. The molecular weight excluding hydrogens is 262 g/mol. The number of ketones is 1. The van der Waals surface area contributed by atoms with E-state index in [0.29, 0.717) is 16.3 Å². The highest BCUT2D eigenvalue weighted by Crippen LogP contribution is 2.17. The van der Waals surface area contributed by atoms with E-state index in [-0.39, 0.29) is 11.9 Å². The lowest BCUT2D eigenvalue weighted by molar-refractivity contribution is 0.103. The highest BCUT2D eigenvalue weighted by Gasteiger charge is 2.09. The van der Waals surface area contributed by atoms with Gasteiger partial charge in [-0.25, -0.2) is 4.98 Å². The van der Waals surface area contributed by atoms with Gasteiger partial charge in [-0.15, -0.1) is 0 Å². The summed E-state index contributed by atoms with van der Waals surface area (Å²) in [5.41, 5.74) is 1.11. The molecule has 1 heterocycles. The third kappa shape index (κ3) is 3.55. The van der Waals surface area contributed by atoms with Crippen molar-refractivity contribution in [1.82, 2.24) is 4.98 Å². The molecule has 3 nitrogen and oxygen atoms in total. The fourth-order valence-corrected chi connectivity index (χ4v) is 1.75. The van der Waals surface area contributed by atoms with E-state index in [1.165, 1.54) is 6.20 Å². The molecule has 0 bridgehead atoms. The van der Waals surface area contributed by atoms with Crippen molar-refractivity contribution in [1.29, 1.82) is 0 Å². The molecule has 0 atom stereocenters. The first-order chi connectivity index (χ1) is 9.06. The number of nitrogens with zero attached hydrogens (tertiary/aromatic N) is 1. The minimum Gasteiger partial charge on any atom is -0.491 e. The lowest BCUT2D eigenvalue weighted by Crippen LogP contribution is -2.06. The molecule has 19 heavy (non-hydrogen) atoms. The van der Waals surface area contributed by atoms with Crippen LogP contribution in [0.2, 0.25) is 5.15 Å². The van der Waals surface area contributed by atoms with Crippen LogP contribution in [0.4, 0.5) is 0 Å². The topological polar surface area (TPSA) is 39.2 Å². The molecule has 0 aliphatic rings. The Hall–Kier alpha value is -1.87. The zero-order valence-corrected chi connectivity index (χ0v) is 11.5. The molecule has 98 valence electrons. The van der Waals surface area contributed by atoms with Crippen molar-refractivity contribution < 1.29 is 9.53 Å². The Morgan fingerprint density at radius 3 is 2.26 bits per heavy atom. The third-order valence-corrected chi connectivity index (χ3v) is 2.70. The van der Waals surface area contributed by atoms with Crippen molar-refractivity contribution in [2.45, 2.75) is 20.0 Å². The van der Waals surface area contributed by atoms with Gasteiger partial charge in [0.15, 0.2) is 5.78 Å². The predicted molar refractivity (Wildman–Crippen MR) is 74.9 cm³/mol. The second-order valence-corrected chi connectivity index (χ2v) is 4.78. The second kappa shape index (κ2) is 5.85. The Morgan fingerprint density at radius 1 is 1.11 bits per heavy atom. The normalized spacial score (nSPS) is 10.5. The summed E-state index contributed by atoms with van der Waals surface area (Å²) in [5.74, 6) is 0.668. The molecule has 0 aliphatic carbocycles. The summed E-state index contributed by atoms with van der Waals surface area (Å²) in [4.78, 5) is 16.1. The van der Waals surface area contributed by atoms with E-state index in [4.69, 9.17) is 16.3 Å². The van der Waals surface area contributed by atoms with Gasteiger partial charge in [-0.3, -0.25) is 4.79 Å². The Bertz CT molecular complexity index is 562. The maximum Gasteiger partial charge on any atom is 0.194 e. The summed E-state index contributed by atoms with van der Waals surface area (Å²) in [7, 11) is 0. The Balaban J connectivity index is 2.17. The van der Waals surface area contributed by atoms with E-state index in [9.17, 15) is 4.79 Å². The molecule has 2 rings (SSSR count). The summed E-state index contributed by atoms with van der Waals surface area (Å²) >= 11 is 5.69. The van der Waals surface area contributed by atoms with E-state index in [2.05, 4.69) is 4.98 Å². The fraction of sp³-hybridized carbons (Fsp3) is 0.200. The zero-order chi connectivity index (χ0) is 13.8. The molecule has 1 aromatic carbocycles. The largest absolute Gasteiger partial charge is 0.491 e. The van der Waals surface area contributed by atoms with Crippen LogP contribution in [-0.2, 0) is 0 Å². The fourth-order valence-electron chi connectivity index (χ4n) is 1.63. The Morgan fingerprint density at radius 2 is 1.74 bits per heavy atom. The number of pyridine rings is 1. The van der Waals surface area contributed by atoms with Gasteiger partial charge >= 0.3 is 0 Å². The summed E-state index contributed by atoms with van der Waals surface area (Å²) in [6, 6.07) is 10.3. The van der Waals surface area contributed by atoms with Crippen LogP contribution < -0.4 is 4.74 Å². The summed E-state index contributed by atoms with van der Waals surface area (Å²) in [6.07, 6.45) is 1.59. The van der Waals surface area contributed by atoms with Crippen LogP contribution in [-0.4, -0.2) is 16.9 Å². The summed E-state index contributed by atoms with van der Waals surface area (Å²) in [6.45, 7) is 3.91. The summed E-state index contributed by atoms with van der Waals surface area (Å²) < 4.78 is 5.53. The number of aromatic nitrogens is 1. The van der Waals surface area contributed by atoms with Gasteiger partial charge in [0.1, 0.15) is 10.9 Å². The lowest BCUT2D eigenvalue weighted by Gasteiger charge is -2.09. The molecule has 0 fully saturated rings. The predicted octanol–water partition coefficient (Wildman–Crippen LogP) is 3.75. The van der Waals surface area contributed by atoms with Gasteiger partial charge in [-0.05, 0) is 50.2 Å². The number of carbonyl (C=O) groups excluding carboxylic acids is 1. The van der Waals surface area contributed by atoms with E-state index >= 15 is 0 Å². The molecule has 0 saturated carbocycles. The lowest BCUT2D eigenvalue weighted by atomic mass is 10.1. The van der Waals surface area contributed by atoms with Crippen LogP contribution in [0.5, 0.6) is 5.75 Å². The van der Waals surface area contributed by atoms with E-state index in [1.54, 1.807) is 36.4 Å². The Kier molecular flexibility index (Phi) is 4.17. The molecule has 0 unspecified atom stereocenters. The first-order valence-electron chi connectivity index (χ1n) is 5.99. The highest BCUT2D eigenvalue weighted by atomic mass is 35.5. The van der Waals surface area contributed by atoms with Crippen LogP contribution in [0.1, 0.15) is 29.8 Å². The molecule has 0 amide bonds. The van der Waals surface area contributed by atoms with Gasteiger partial charge in [0, 0.05) is 17.3 Å². The monoisotopic (exact) mass is 275 g/mol. The number of benzene rings is 1. The molecule has 4 heteroatoms. The first kappa shape index (κ1) is 13.6. The third-order valence-electron chi connectivity index (χ3n) is 2.48. The minimum atomic E-state index is -0.0831. The molecule has 0 aliphatic heterocycles. The second-order valence-electron chi connectivity index (χ2n) is 4.39. The van der Waals surface area contributed by atoms with Crippen LogP contribution in [0.3, 0.4) is 0 Å². The zero-order valence-electron chi connectivity index (χ0n) is 10.8. The van der Waals surface area contributed by atoms with Gasteiger partial charge < -0.3 is 4.74 Å². The summed E-state index contributed by atoms with van der Waals surface area (Å²) in [5, 5.41) is 0.372. The average Bonchev–Trinajstić information content (AvgIpc) is 2.39. The van der Waals surface area contributed by atoms with Crippen molar-refractivity contribution in [3.05, 3.63) is 58.9 Å². The molecule has 1 aromatic heterocycles. The van der Waals surface area contributed by atoms with Gasteiger partial charge in [0.05, 0.1) is 6.10 Å². The number of ether oxygens (including phenoxy) is 1. The van der Waals surface area contributed by atoms with Gasteiger partial charge in [0.2, 0.25) is 0 Å². The average molecular weight is 276 g/mol. The van der Waals surface area contributed by atoms with Crippen LogP contribution >= 0.6 is 11.6 Å². The number of hydrogen-bond acceptors (Lipinski definition) is 3. The number of rotatable bonds is 4. The Labute approximate surface area is 117 Å². The quantitative estimate of drug-likeness (QED) is 0.630. The maximum atomic E-state index is 12.2. The molecule has 2 aromatic rings. The first-order valence-corrected chi connectivity index (χ1v) is 6.37. The van der Waals surface area contributed by atoms with Crippen LogP contribution in [0.25, 0.3) is 0 Å². The van der Waals surface area contributed by atoms with E-state index < -0.39 is 0 Å². The van der Waals surface area contributed by atoms with Crippen molar-refractivity contribution in [3.63, 3.8) is 0 Å². The van der Waals surface area contributed by atoms with Crippen molar-refractivity contribution in [2.24, 2.45) is 0 Å². The SMILES string of the molecule is CC(C)Oc1ccc(C(=O)c2ccc(Cl)nc2)cc1. The van der Waals surface area contributed by atoms with Crippen molar-refractivity contribution in [3.8, 4) is 5.75 Å². The number of halogens is 1. The molecule has 0 spiro atoms. The molecule has 0 saturated heterocycles. The van der Waals surface area contributed by atoms with Crippen LogP contribution in [0, 0.1) is 0 Å².